The van der Waals surface area contributed by atoms with Crippen LogP contribution in [0.2, 0.25) is 0 Å². The van der Waals surface area contributed by atoms with Crippen molar-refractivity contribution in [2.45, 2.75) is 196 Å². The molecule has 0 radical (unpaired) electrons. The monoisotopic (exact) mass is 1090 g/mol. The minimum absolute atomic E-state index is 0.0117. The zero-order chi connectivity index (χ0) is 56.3. The minimum Gasteiger partial charge on any atom is -0.396 e. The summed E-state index contributed by atoms with van der Waals surface area (Å²) in [6, 6.07) is 25.6. The Kier molecular flexibility index (Phi) is 23.6. The van der Waals surface area contributed by atoms with Crippen molar-refractivity contribution in [3.05, 3.63) is 108 Å². The molecule has 4 aliphatic rings. The van der Waals surface area contributed by atoms with E-state index in [1.165, 1.54) is 0 Å². The van der Waals surface area contributed by atoms with E-state index in [4.69, 9.17) is 0 Å². The van der Waals surface area contributed by atoms with Gasteiger partial charge in [-0.25, -0.2) is 0 Å². The number of aliphatic hydroxyl groups excluding tert-OH is 1. The molecule has 0 aromatic heterocycles. The number of unbranched alkanes of at least 4 members (excludes halogenated alkanes) is 5. The van der Waals surface area contributed by atoms with Crippen molar-refractivity contribution < 1.29 is 38.7 Å². The first kappa shape index (κ1) is 60.8. The van der Waals surface area contributed by atoms with E-state index in [0.29, 0.717) is 77.2 Å². The van der Waals surface area contributed by atoms with Gasteiger partial charge < -0.3 is 41.9 Å². The molecule has 4 aliphatic heterocycles. The van der Waals surface area contributed by atoms with Crippen molar-refractivity contribution in [1.29, 1.82) is 0 Å². The van der Waals surface area contributed by atoms with Crippen LogP contribution in [-0.2, 0) is 33.6 Å². The number of nitrogens with zero attached hydrogens (tertiary/aromatic N) is 2. The Bertz CT molecular complexity index is 2400. The lowest BCUT2D eigenvalue weighted by Crippen LogP contribution is -2.58. The molecule has 16 heteroatoms. The van der Waals surface area contributed by atoms with Crippen LogP contribution in [0.4, 0.5) is 0 Å². The standard InChI is InChI=1S/C63H90N8O8/c1-5-50(64-3)60(76)67-52-40-70-47(32-31-46(52)41-72)34-37-54(70)62(78)68-58(44-26-18-13-19-27-44)55(73)28-20-9-7-8-10-21-29-57(75)66-39-45-30-33-48-35-36-53(71(48)63(79)59(45)69-61(77)51(6-2)65-4)56(74)38-49(42-22-14-11-15-23-42)43-24-16-12-17-25-43/h11-19,22-27,45-54,58-59,64-65,72H,5-10,20-21,28-41H2,1-4H3,(H,66,75)(H,67,76)(H,68,78)(H,69,77)/t45-,46-,47+,48+,50+,51+,52-,53+,54+,58+,59+/m1/s1. The van der Waals surface area contributed by atoms with Crippen LogP contribution in [0.5, 0.6) is 0 Å². The van der Waals surface area contributed by atoms with Crippen LogP contribution in [0.3, 0.4) is 0 Å². The number of Topliss-reactive ketones (excluding diaryl/α,β-unsaturated/α-hetero) is 2. The van der Waals surface area contributed by atoms with Crippen molar-refractivity contribution in [3.8, 4) is 0 Å². The maximum absolute atomic E-state index is 14.8. The molecule has 0 unspecified atom stereocenters. The van der Waals surface area contributed by atoms with E-state index in [1.807, 2.05) is 105 Å². The maximum atomic E-state index is 14.8. The van der Waals surface area contributed by atoms with E-state index in [1.54, 1.807) is 19.0 Å². The van der Waals surface area contributed by atoms with Gasteiger partial charge in [-0.3, -0.25) is 38.5 Å². The summed E-state index contributed by atoms with van der Waals surface area (Å²) in [6.07, 6.45) is 12.5. The van der Waals surface area contributed by atoms with E-state index in [9.17, 15) is 38.7 Å². The van der Waals surface area contributed by atoms with Gasteiger partial charge in [0.2, 0.25) is 29.5 Å². The molecule has 4 heterocycles. The van der Waals surface area contributed by atoms with E-state index >= 15 is 0 Å². The number of carbonyl (C=O) groups excluding carboxylic acids is 7. The fraction of sp³-hybridized carbons (Fsp3) is 0.603. The Morgan fingerprint density at radius 1 is 0.608 bits per heavy atom. The Balaban J connectivity index is 0.873. The van der Waals surface area contributed by atoms with Crippen molar-refractivity contribution in [1.82, 2.24) is 41.7 Å². The van der Waals surface area contributed by atoms with E-state index in [0.717, 1.165) is 61.6 Å². The number of likely N-dealkylation sites (N-methyl/N-ethyl adjacent to an activating group) is 2. The van der Waals surface area contributed by atoms with Crippen LogP contribution < -0.4 is 31.9 Å². The second-order valence-corrected chi connectivity index (χ2v) is 22.7. The highest BCUT2D eigenvalue weighted by Gasteiger charge is 2.48. The number of fused-ring (bicyclic) bond motifs is 2. The molecule has 7 N–H and O–H groups in total. The van der Waals surface area contributed by atoms with Gasteiger partial charge in [0, 0.05) is 74.8 Å². The molecule has 4 fully saturated rings. The van der Waals surface area contributed by atoms with Crippen LogP contribution in [0, 0.1) is 11.8 Å². The second-order valence-electron chi connectivity index (χ2n) is 22.7. The average molecular weight is 1090 g/mol. The number of hydrogen-bond acceptors (Lipinski definition) is 11. The largest absolute Gasteiger partial charge is 0.396 e. The number of nitrogens with one attached hydrogen (secondary N) is 6. The summed E-state index contributed by atoms with van der Waals surface area (Å²) in [5.41, 5.74) is 2.82. The summed E-state index contributed by atoms with van der Waals surface area (Å²) in [7, 11) is 3.48. The first-order valence-corrected chi connectivity index (χ1v) is 29.8. The zero-order valence-electron chi connectivity index (χ0n) is 47.3. The lowest BCUT2D eigenvalue weighted by molar-refractivity contribution is -0.143. The summed E-state index contributed by atoms with van der Waals surface area (Å²) in [6.45, 7) is 4.49. The molecular weight excluding hydrogens is 997 g/mol. The predicted octanol–water partition coefficient (Wildman–Crippen LogP) is 6.41. The van der Waals surface area contributed by atoms with Crippen molar-refractivity contribution in [2.24, 2.45) is 11.8 Å². The number of amides is 5. The van der Waals surface area contributed by atoms with E-state index < -0.39 is 30.2 Å². The molecule has 5 amide bonds. The van der Waals surface area contributed by atoms with Gasteiger partial charge in [0.25, 0.3) is 0 Å². The van der Waals surface area contributed by atoms with Crippen LogP contribution >= 0.6 is 0 Å². The third-order valence-electron chi connectivity index (χ3n) is 17.7. The number of carbonyl (C=O) groups is 7. The van der Waals surface area contributed by atoms with E-state index in [2.05, 4.69) is 36.8 Å². The molecule has 16 nitrogen and oxygen atoms in total. The van der Waals surface area contributed by atoms with Gasteiger partial charge in [0.15, 0.2) is 11.6 Å². The molecule has 0 bridgehead atoms. The third-order valence-corrected chi connectivity index (χ3v) is 17.7. The van der Waals surface area contributed by atoms with Gasteiger partial charge in [-0.15, -0.1) is 0 Å². The van der Waals surface area contributed by atoms with Gasteiger partial charge in [-0.05, 0) is 108 Å². The van der Waals surface area contributed by atoms with Crippen molar-refractivity contribution in [2.75, 3.05) is 33.8 Å². The predicted molar refractivity (Wildman–Crippen MR) is 306 cm³/mol. The summed E-state index contributed by atoms with van der Waals surface area (Å²) in [5.74, 6) is -1.61. The van der Waals surface area contributed by atoms with Crippen LogP contribution in [0.1, 0.15) is 164 Å². The maximum Gasteiger partial charge on any atom is 0.246 e. The van der Waals surface area contributed by atoms with Gasteiger partial charge in [-0.2, -0.15) is 0 Å². The number of aliphatic hydroxyl groups is 1. The highest BCUT2D eigenvalue weighted by molar-refractivity contribution is 5.95. The zero-order valence-corrected chi connectivity index (χ0v) is 47.3. The molecule has 3 aromatic carbocycles. The lowest BCUT2D eigenvalue weighted by atomic mass is 9.85. The topological polar surface area (TPSA) is 218 Å². The van der Waals surface area contributed by atoms with Crippen molar-refractivity contribution in [3.63, 3.8) is 0 Å². The molecular formula is C63H90N8O8. The summed E-state index contributed by atoms with van der Waals surface area (Å²) < 4.78 is 0. The molecule has 11 atom stereocenters. The van der Waals surface area contributed by atoms with Gasteiger partial charge >= 0.3 is 0 Å². The summed E-state index contributed by atoms with van der Waals surface area (Å²) in [4.78, 5) is 102. The molecule has 3 aromatic rings. The smallest absolute Gasteiger partial charge is 0.246 e. The van der Waals surface area contributed by atoms with E-state index in [-0.39, 0.29) is 103 Å². The normalized spacial score (nSPS) is 24.3. The Morgan fingerprint density at radius 2 is 1.13 bits per heavy atom. The molecule has 430 valence electrons. The Morgan fingerprint density at radius 3 is 1.72 bits per heavy atom. The van der Waals surface area contributed by atoms with Gasteiger partial charge in [-0.1, -0.05) is 131 Å². The van der Waals surface area contributed by atoms with Crippen LogP contribution in [-0.4, -0.2) is 138 Å². The second kappa shape index (κ2) is 30.7. The Hall–Kier alpha value is -5.81. The van der Waals surface area contributed by atoms with Crippen LogP contribution in [0.25, 0.3) is 0 Å². The third kappa shape index (κ3) is 16.2. The van der Waals surface area contributed by atoms with Crippen molar-refractivity contribution >= 4 is 41.1 Å². The fourth-order valence-corrected chi connectivity index (χ4v) is 13.0. The highest BCUT2D eigenvalue weighted by atomic mass is 16.3. The van der Waals surface area contributed by atoms with Crippen LogP contribution in [0.15, 0.2) is 91.0 Å². The highest BCUT2D eigenvalue weighted by Crippen LogP contribution is 2.38. The number of benzene rings is 3. The average Bonchev–Trinajstić information content (AvgIpc) is 4.17. The number of ketones is 2. The summed E-state index contributed by atoms with van der Waals surface area (Å²) >= 11 is 0. The molecule has 0 aliphatic carbocycles. The fourth-order valence-electron chi connectivity index (χ4n) is 13.0. The lowest BCUT2D eigenvalue weighted by Gasteiger charge is -2.33. The van der Waals surface area contributed by atoms with Gasteiger partial charge in [0.1, 0.15) is 12.1 Å². The minimum atomic E-state index is -0.897. The quantitative estimate of drug-likeness (QED) is 0.0377. The molecule has 7 rings (SSSR count). The number of rotatable bonds is 29. The molecule has 79 heavy (non-hydrogen) atoms. The molecule has 0 spiro atoms. The first-order chi connectivity index (χ1) is 38.4. The SMILES string of the molecule is CC[C@H](NC)C(=O)N[C@@H]1C(=O)N2[C@@H](CC[C@@H]1CNC(=O)CCCCCCCCC(=O)[C@@H](NC(=O)[C@@H]1CC[C@@H]3CC[C@H](CO)[C@H](NC(=O)[C@H](CC)NC)CN31)c1ccccc1)CC[C@H]2C(=O)CC(c1ccccc1)c1ccccc1. The molecule has 4 saturated heterocycles. The number of hydrogen-bond donors (Lipinski definition) is 7. The first-order valence-electron chi connectivity index (χ1n) is 29.8. The van der Waals surface area contributed by atoms with Gasteiger partial charge in [0.05, 0.1) is 24.2 Å². The Labute approximate surface area is 469 Å². The summed E-state index contributed by atoms with van der Waals surface area (Å²) in [5, 5.41) is 28.9. The molecule has 0 saturated carbocycles.